The van der Waals surface area contributed by atoms with Crippen LogP contribution in [0.5, 0.6) is 0 Å². The summed E-state index contributed by atoms with van der Waals surface area (Å²) in [5.74, 6) is 1.49. The van der Waals surface area contributed by atoms with Crippen LogP contribution >= 0.6 is 0 Å². The number of hydrogen-bond donors (Lipinski definition) is 1. The highest BCUT2D eigenvalue weighted by Crippen LogP contribution is 2.48. The van der Waals surface area contributed by atoms with E-state index in [2.05, 4.69) is 6.92 Å². The quantitative estimate of drug-likeness (QED) is 0.762. The minimum Gasteiger partial charge on any atom is -0.381 e. The van der Waals surface area contributed by atoms with Gasteiger partial charge in [-0.05, 0) is 43.1 Å². The molecule has 15 heavy (non-hydrogen) atoms. The van der Waals surface area contributed by atoms with E-state index in [1.54, 1.807) is 0 Å². The molecule has 0 bridgehead atoms. The van der Waals surface area contributed by atoms with Gasteiger partial charge in [0.25, 0.3) is 0 Å². The van der Waals surface area contributed by atoms with E-state index >= 15 is 0 Å². The predicted octanol–water partition coefficient (Wildman–Crippen LogP) is 2.57. The summed E-state index contributed by atoms with van der Waals surface area (Å²) in [5.41, 5.74) is 6.35. The molecule has 0 aromatic carbocycles. The molecular weight excluding hydrogens is 186 g/mol. The fourth-order valence-corrected chi connectivity index (χ4v) is 3.72. The summed E-state index contributed by atoms with van der Waals surface area (Å²) in [4.78, 5) is 0. The first-order valence-electron chi connectivity index (χ1n) is 6.56. The van der Waals surface area contributed by atoms with E-state index in [0.717, 1.165) is 25.7 Å². The molecule has 2 aliphatic rings. The predicted molar refractivity (Wildman–Crippen MR) is 62.7 cm³/mol. The summed E-state index contributed by atoms with van der Waals surface area (Å²) < 4.78 is 5.75. The maximum atomic E-state index is 5.85. The Bertz CT molecular complexity index is 190. The Kier molecular flexibility index (Phi) is 3.68. The first-order chi connectivity index (χ1) is 7.28. The Morgan fingerprint density at radius 2 is 2.07 bits per heavy atom. The number of ether oxygens (including phenoxy) is 1. The third-order valence-electron chi connectivity index (χ3n) is 4.66. The van der Waals surface area contributed by atoms with Crippen molar-refractivity contribution in [3.05, 3.63) is 0 Å². The van der Waals surface area contributed by atoms with Crippen molar-refractivity contribution in [2.24, 2.45) is 23.0 Å². The van der Waals surface area contributed by atoms with Crippen molar-refractivity contribution in [3.8, 4) is 0 Å². The van der Waals surface area contributed by atoms with Crippen LogP contribution in [0.15, 0.2) is 0 Å². The summed E-state index contributed by atoms with van der Waals surface area (Å²) in [5, 5.41) is 0. The SMILES string of the molecule is CC(CN)C1CCOCC12CCCCC2. The molecule has 1 heterocycles. The second-order valence-corrected chi connectivity index (χ2v) is 5.58. The second kappa shape index (κ2) is 4.84. The van der Waals surface area contributed by atoms with E-state index in [1.165, 1.54) is 38.5 Å². The van der Waals surface area contributed by atoms with Crippen molar-refractivity contribution in [1.82, 2.24) is 0 Å². The van der Waals surface area contributed by atoms with E-state index in [0.29, 0.717) is 11.3 Å². The monoisotopic (exact) mass is 211 g/mol. The third kappa shape index (κ3) is 2.21. The lowest BCUT2D eigenvalue weighted by Crippen LogP contribution is -2.45. The van der Waals surface area contributed by atoms with Crippen molar-refractivity contribution < 1.29 is 4.74 Å². The van der Waals surface area contributed by atoms with Crippen molar-refractivity contribution in [2.45, 2.75) is 45.4 Å². The summed E-state index contributed by atoms with van der Waals surface area (Å²) >= 11 is 0. The highest BCUT2D eigenvalue weighted by atomic mass is 16.5. The van der Waals surface area contributed by atoms with E-state index in [9.17, 15) is 0 Å². The van der Waals surface area contributed by atoms with Crippen LogP contribution in [0.25, 0.3) is 0 Å². The van der Waals surface area contributed by atoms with E-state index in [4.69, 9.17) is 10.5 Å². The van der Waals surface area contributed by atoms with Gasteiger partial charge in [0.1, 0.15) is 0 Å². The number of rotatable bonds is 2. The van der Waals surface area contributed by atoms with Crippen molar-refractivity contribution in [2.75, 3.05) is 19.8 Å². The molecule has 0 aromatic rings. The van der Waals surface area contributed by atoms with Crippen LogP contribution in [0.2, 0.25) is 0 Å². The smallest absolute Gasteiger partial charge is 0.0525 e. The van der Waals surface area contributed by atoms with Crippen LogP contribution in [-0.4, -0.2) is 19.8 Å². The van der Waals surface area contributed by atoms with Crippen LogP contribution < -0.4 is 5.73 Å². The summed E-state index contributed by atoms with van der Waals surface area (Å²) in [6, 6.07) is 0. The maximum absolute atomic E-state index is 5.85. The Labute approximate surface area is 93.6 Å². The molecule has 1 saturated heterocycles. The van der Waals surface area contributed by atoms with Gasteiger partial charge in [-0.2, -0.15) is 0 Å². The number of hydrogen-bond acceptors (Lipinski definition) is 2. The molecule has 0 radical (unpaired) electrons. The lowest BCUT2D eigenvalue weighted by molar-refractivity contribution is -0.0881. The maximum Gasteiger partial charge on any atom is 0.0525 e. The molecule has 2 atom stereocenters. The standard InChI is InChI=1S/C13H25NO/c1-11(9-14)12-5-8-15-10-13(12)6-3-2-4-7-13/h11-12H,2-10,14H2,1H3. The normalized spacial score (nSPS) is 32.8. The van der Waals surface area contributed by atoms with E-state index in [1.807, 2.05) is 0 Å². The van der Waals surface area contributed by atoms with Gasteiger partial charge < -0.3 is 10.5 Å². The van der Waals surface area contributed by atoms with Crippen LogP contribution in [0.4, 0.5) is 0 Å². The molecule has 1 saturated carbocycles. The van der Waals surface area contributed by atoms with E-state index in [-0.39, 0.29) is 0 Å². The van der Waals surface area contributed by atoms with Crippen LogP contribution in [0, 0.1) is 17.3 Å². The molecule has 2 rings (SSSR count). The molecule has 0 aromatic heterocycles. The first-order valence-corrected chi connectivity index (χ1v) is 6.56. The molecule has 0 amide bonds. The molecular formula is C13H25NO. The van der Waals surface area contributed by atoms with Gasteiger partial charge in [0.05, 0.1) is 6.61 Å². The fourth-order valence-electron chi connectivity index (χ4n) is 3.72. The zero-order valence-electron chi connectivity index (χ0n) is 10.0. The highest BCUT2D eigenvalue weighted by Gasteiger charge is 2.43. The third-order valence-corrected chi connectivity index (χ3v) is 4.66. The Morgan fingerprint density at radius 1 is 1.33 bits per heavy atom. The van der Waals surface area contributed by atoms with Crippen LogP contribution in [-0.2, 0) is 4.74 Å². The van der Waals surface area contributed by atoms with Gasteiger partial charge in [0, 0.05) is 6.61 Å². The Balaban J connectivity index is 2.10. The fraction of sp³-hybridized carbons (Fsp3) is 1.00. The van der Waals surface area contributed by atoms with Gasteiger partial charge >= 0.3 is 0 Å². The van der Waals surface area contributed by atoms with E-state index < -0.39 is 0 Å². The minimum atomic E-state index is 0.495. The average molecular weight is 211 g/mol. The van der Waals surface area contributed by atoms with Crippen LogP contribution in [0.3, 0.4) is 0 Å². The molecule has 1 spiro atoms. The van der Waals surface area contributed by atoms with Gasteiger partial charge in [-0.15, -0.1) is 0 Å². The van der Waals surface area contributed by atoms with Crippen molar-refractivity contribution >= 4 is 0 Å². The molecule has 88 valence electrons. The molecule has 2 N–H and O–H groups in total. The number of nitrogens with two attached hydrogens (primary N) is 1. The summed E-state index contributed by atoms with van der Waals surface area (Å²) in [7, 11) is 0. The molecule has 1 aliphatic carbocycles. The van der Waals surface area contributed by atoms with Crippen molar-refractivity contribution in [3.63, 3.8) is 0 Å². The molecule has 1 aliphatic heterocycles. The summed E-state index contributed by atoms with van der Waals surface area (Å²) in [6.07, 6.45) is 8.21. The zero-order valence-corrected chi connectivity index (χ0v) is 10.0. The highest BCUT2D eigenvalue weighted by molar-refractivity contribution is 4.93. The van der Waals surface area contributed by atoms with Gasteiger partial charge in [0.2, 0.25) is 0 Å². The summed E-state index contributed by atoms with van der Waals surface area (Å²) in [6.45, 7) is 5.12. The molecule has 2 heteroatoms. The van der Waals surface area contributed by atoms with Gasteiger partial charge in [-0.3, -0.25) is 0 Å². The average Bonchev–Trinajstić information content (AvgIpc) is 2.30. The van der Waals surface area contributed by atoms with Gasteiger partial charge in [-0.1, -0.05) is 26.2 Å². The van der Waals surface area contributed by atoms with Crippen molar-refractivity contribution in [1.29, 1.82) is 0 Å². The molecule has 2 nitrogen and oxygen atoms in total. The lowest BCUT2D eigenvalue weighted by atomic mass is 9.61. The van der Waals surface area contributed by atoms with Gasteiger partial charge in [0.15, 0.2) is 0 Å². The second-order valence-electron chi connectivity index (χ2n) is 5.58. The molecule has 2 unspecified atom stereocenters. The molecule has 2 fully saturated rings. The zero-order chi connectivity index (χ0) is 10.7. The largest absolute Gasteiger partial charge is 0.381 e. The topological polar surface area (TPSA) is 35.2 Å². The minimum absolute atomic E-state index is 0.495. The van der Waals surface area contributed by atoms with Gasteiger partial charge in [-0.25, -0.2) is 0 Å². The Morgan fingerprint density at radius 3 is 2.73 bits per heavy atom. The van der Waals surface area contributed by atoms with Crippen LogP contribution in [0.1, 0.15) is 45.4 Å². The first kappa shape index (κ1) is 11.4. The lowest BCUT2D eigenvalue weighted by Gasteiger charge is -2.48. The Hall–Kier alpha value is -0.0800.